The van der Waals surface area contributed by atoms with E-state index in [0.29, 0.717) is 11.8 Å². The van der Waals surface area contributed by atoms with E-state index in [1.165, 1.54) is 5.56 Å². The lowest BCUT2D eigenvalue weighted by Crippen LogP contribution is -2.08. The SMILES string of the molecule is CC(C)c1n[nH]c(=S)n1CCC(C)c1ccccc1. The van der Waals surface area contributed by atoms with Crippen molar-refractivity contribution < 1.29 is 0 Å². The Morgan fingerprint density at radius 3 is 2.53 bits per heavy atom. The number of benzene rings is 1. The molecule has 3 nitrogen and oxygen atoms in total. The fourth-order valence-electron chi connectivity index (χ4n) is 2.26. The van der Waals surface area contributed by atoms with Gasteiger partial charge in [0.2, 0.25) is 0 Å². The number of hydrogen-bond acceptors (Lipinski definition) is 2. The zero-order valence-electron chi connectivity index (χ0n) is 11.8. The van der Waals surface area contributed by atoms with Gasteiger partial charge in [-0.25, -0.2) is 0 Å². The normalized spacial score (nSPS) is 12.8. The van der Waals surface area contributed by atoms with Gasteiger partial charge in [0, 0.05) is 12.5 Å². The molecule has 19 heavy (non-hydrogen) atoms. The fourth-order valence-corrected chi connectivity index (χ4v) is 2.49. The quantitative estimate of drug-likeness (QED) is 0.827. The van der Waals surface area contributed by atoms with Crippen molar-refractivity contribution in [2.45, 2.75) is 45.6 Å². The number of H-pyrrole nitrogens is 1. The van der Waals surface area contributed by atoms with Crippen molar-refractivity contribution in [1.29, 1.82) is 0 Å². The van der Waals surface area contributed by atoms with Crippen molar-refractivity contribution in [2.75, 3.05) is 0 Å². The number of aromatic nitrogens is 3. The van der Waals surface area contributed by atoms with Crippen molar-refractivity contribution in [1.82, 2.24) is 14.8 Å². The molecule has 4 heteroatoms. The van der Waals surface area contributed by atoms with Crippen LogP contribution in [0.15, 0.2) is 30.3 Å². The summed E-state index contributed by atoms with van der Waals surface area (Å²) < 4.78 is 2.85. The topological polar surface area (TPSA) is 33.6 Å². The van der Waals surface area contributed by atoms with E-state index >= 15 is 0 Å². The Bertz CT molecular complexity index is 569. The lowest BCUT2D eigenvalue weighted by Gasteiger charge is -2.14. The van der Waals surface area contributed by atoms with Gasteiger partial charge in [0.05, 0.1) is 0 Å². The van der Waals surface area contributed by atoms with Gasteiger partial charge in [0.25, 0.3) is 0 Å². The van der Waals surface area contributed by atoms with E-state index in [1.54, 1.807) is 0 Å². The van der Waals surface area contributed by atoms with Crippen molar-refractivity contribution in [3.05, 3.63) is 46.5 Å². The molecule has 0 amide bonds. The first kappa shape index (κ1) is 14.0. The molecule has 0 aliphatic heterocycles. The Hall–Kier alpha value is -1.42. The standard InChI is InChI=1S/C15H21N3S/c1-11(2)14-16-17-15(19)18(14)10-9-12(3)13-7-5-4-6-8-13/h4-8,11-12H,9-10H2,1-3H3,(H,17,19). The second-order valence-electron chi connectivity index (χ2n) is 5.29. The third-order valence-corrected chi connectivity index (χ3v) is 3.77. The summed E-state index contributed by atoms with van der Waals surface area (Å²) >= 11 is 5.31. The Morgan fingerprint density at radius 1 is 1.21 bits per heavy atom. The molecule has 1 aromatic carbocycles. The van der Waals surface area contributed by atoms with E-state index in [0.717, 1.165) is 23.6 Å². The number of nitrogens with one attached hydrogen (secondary N) is 1. The summed E-state index contributed by atoms with van der Waals surface area (Å²) in [5, 5.41) is 7.21. The van der Waals surface area contributed by atoms with Crippen LogP contribution in [0.5, 0.6) is 0 Å². The van der Waals surface area contributed by atoms with Crippen LogP contribution in [-0.2, 0) is 6.54 Å². The fraction of sp³-hybridized carbons (Fsp3) is 0.467. The highest BCUT2D eigenvalue weighted by Gasteiger charge is 2.11. The van der Waals surface area contributed by atoms with Gasteiger partial charge < -0.3 is 4.57 Å². The van der Waals surface area contributed by atoms with Crippen LogP contribution in [-0.4, -0.2) is 14.8 Å². The molecule has 102 valence electrons. The van der Waals surface area contributed by atoms with Gasteiger partial charge in [-0.1, -0.05) is 51.1 Å². The third-order valence-electron chi connectivity index (χ3n) is 3.46. The highest BCUT2D eigenvalue weighted by molar-refractivity contribution is 7.71. The molecule has 0 bridgehead atoms. The predicted octanol–water partition coefficient (Wildman–Crippen LogP) is 4.26. The van der Waals surface area contributed by atoms with Gasteiger partial charge in [0.1, 0.15) is 5.82 Å². The van der Waals surface area contributed by atoms with Gasteiger partial charge >= 0.3 is 0 Å². The molecule has 2 aromatic rings. The molecule has 0 saturated heterocycles. The first-order valence-corrected chi connectivity index (χ1v) is 7.20. The Labute approximate surface area is 119 Å². The van der Waals surface area contributed by atoms with Gasteiger partial charge in [-0.05, 0) is 30.1 Å². The summed E-state index contributed by atoms with van der Waals surface area (Å²) in [6, 6.07) is 10.6. The van der Waals surface area contributed by atoms with Crippen molar-refractivity contribution in [3.8, 4) is 0 Å². The summed E-state index contributed by atoms with van der Waals surface area (Å²) in [4.78, 5) is 0. The van der Waals surface area contributed by atoms with E-state index in [2.05, 4.69) is 65.9 Å². The van der Waals surface area contributed by atoms with Crippen LogP contribution >= 0.6 is 12.2 Å². The predicted molar refractivity (Wildman–Crippen MR) is 81.0 cm³/mol. The minimum Gasteiger partial charge on any atom is -0.304 e. The van der Waals surface area contributed by atoms with E-state index in [1.807, 2.05) is 0 Å². The van der Waals surface area contributed by atoms with E-state index in [4.69, 9.17) is 12.2 Å². The monoisotopic (exact) mass is 275 g/mol. The molecule has 1 aromatic heterocycles. The average Bonchev–Trinajstić information content (AvgIpc) is 2.78. The van der Waals surface area contributed by atoms with Crippen LogP contribution in [0.25, 0.3) is 0 Å². The summed E-state index contributed by atoms with van der Waals surface area (Å²) in [7, 11) is 0. The molecule has 0 aliphatic rings. The molecule has 0 saturated carbocycles. The van der Waals surface area contributed by atoms with Crippen molar-refractivity contribution >= 4 is 12.2 Å². The molecule has 2 rings (SSSR count). The lowest BCUT2D eigenvalue weighted by molar-refractivity contribution is 0.542. The van der Waals surface area contributed by atoms with Crippen LogP contribution in [0, 0.1) is 4.77 Å². The van der Waals surface area contributed by atoms with Crippen LogP contribution in [0.3, 0.4) is 0 Å². The van der Waals surface area contributed by atoms with E-state index in [-0.39, 0.29) is 0 Å². The largest absolute Gasteiger partial charge is 0.304 e. The van der Waals surface area contributed by atoms with Crippen LogP contribution in [0.1, 0.15) is 50.4 Å². The second kappa shape index (κ2) is 6.15. The molecule has 0 radical (unpaired) electrons. The second-order valence-corrected chi connectivity index (χ2v) is 5.68. The van der Waals surface area contributed by atoms with Gasteiger partial charge in [-0.3, -0.25) is 5.10 Å². The Balaban J connectivity index is 2.07. The summed E-state index contributed by atoms with van der Waals surface area (Å²) in [5.74, 6) is 1.96. The Kier molecular flexibility index (Phi) is 4.53. The van der Waals surface area contributed by atoms with E-state index < -0.39 is 0 Å². The molecule has 1 N–H and O–H groups in total. The summed E-state index contributed by atoms with van der Waals surface area (Å²) in [5.41, 5.74) is 1.38. The smallest absolute Gasteiger partial charge is 0.195 e. The number of hydrogen-bond donors (Lipinski definition) is 1. The molecule has 0 spiro atoms. The number of nitrogens with zero attached hydrogens (tertiary/aromatic N) is 2. The molecular weight excluding hydrogens is 254 g/mol. The molecular formula is C15H21N3S. The van der Waals surface area contributed by atoms with E-state index in [9.17, 15) is 0 Å². The maximum absolute atomic E-state index is 5.31. The first-order chi connectivity index (χ1) is 9.09. The minimum absolute atomic E-state index is 0.389. The minimum atomic E-state index is 0.389. The van der Waals surface area contributed by atoms with Gasteiger partial charge in [-0.15, -0.1) is 0 Å². The van der Waals surface area contributed by atoms with Gasteiger partial charge in [0.15, 0.2) is 4.77 Å². The van der Waals surface area contributed by atoms with Crippen molar-refractivity contribution in [3.63, 3.8) is 0 Å². The van der Waals surface area contributed by atoms with Crippen molar-refractivity contribution in [2.24, 2.45) is 0 Å². The van der Waals surface area contributed by atoms with Crippen LogP contribution in [0.2, 0.25) is 0 Å². The molecule has 0 fully saturated rings. The van der Waals surface area contributed by atoms with Crippen LogP contribution < -0.4 is 0 Å². The summed E-state index contributed by atoms with van der Waals surface area (Å²) in [6.45, 7) is 7.46. The molecule has 0 aliphatic carbocycles. The van der Waals surface area contributed by atoms with Crippen LogP contribution in [0.4, 0.5) is 0 Å². The Morgan fingerprint density at radius 2 is 1.89 bits per heavy atom. The zero-order chi connectivity index (χ0) is 13.8. The highest BCUT2D eigenvalue weighted by Crippen LogP contribution is 2.20. The zero-order valence-corrected chi connectivity index (χ0v) is 12.6. The molecule has 1 heterocycles. The highest BCUT2D eigenvalue weighted by atomic mass is 32.1. The first-order valence-electron chi connectivity index (χ1n) is 6.79. The summed E-state index contributed by atoms with van der Waals surface area (Å²) in [6.07, 6.45) is 1.07. The number of aromatic amines is 1. The lowest BCUT2D eigenvalue weighted by atomic mass is 9.98. The van der Waals surface area contributed by atoms with Gasteiger partial charge in [-0.2, -0.15) is 5.10 Å². The maximum Gasteiger partial charge on any atom is 0.195 e. The molecule has 1 unspecified atom stereocenters. The molecule has 1 atom stereocenters. The average molecular weight is 275 g/mol. The number of rotatable bonds is 5. The third kappa shape index (κ3) is 3.32. The maximum atomic E-state index is 5.31.